The summed E-state index contributed by atoms with van der Waals surface area (Å²) in [6.45, 7) is 4.56. The Labute approximate surface area is 111 Å². The monoisotopic (exact) mass is 299 g/mol. The first-order valence-corrected chi connectivity index (χ1v) is 7.62. The van der Waals surface area contributed by atoms with Gasteiger partial charge in [-0.15, -0.1) is 0 Å². The van der Waals surface area contributed by atoms with E-state index in [1.165, 1.54) is 17.7 Å². The molecule has 88 valence electrons. The SMILES string of the molecule is CC1CC(NC(C)c2ccc(Br)cc2)CS1. The summed E-state index contributed by atoms with van der Waals surface area (Å²) in [6.07, 6.45) is 1.30. The van der Waals surface area contributed by atoms with Gasteiger partial charge in [-0.05, 0) is 31.0 Å². The fourth-order valence-corrected chi connectivity index (χ4v) is 3.56. The van der Waals surface area contributed by atoms with E-state index < -0.39 is 0 Å². The van der Waals surface area contributed by atoms with Crippen LogP contribution in [-0.2, 0) is 0 Å². The Morgan fingerprint density at radius 3 is 2.62 bits per heavy atom. The van der Waals surface area contributed by atoms with Crippen LogP contribution in [0.15, 0.2) is 28.7 Å². The predicted molar refractivity (Wildman–Crippen MR) is 76.0 cm³/mol. The van der Waals surface area contributed by atoms with E-state index in [0.717, 1.165) is 9.72 Å². The summed E-state index contributed by atoms with van der Waals surface area (Å²) in [5, 5.41) is 4.52. The van der Waals surface area contributed by atoms with Crippen molar-refractivity contribution in [1.29, 1.82) is 0 Å². The van der Waals surface area contributed by atoms with Crippen LogP contribution in [0.5, 0.6) is 0 Å². The molecule has 3 heteroatoms. The van der Waals surface area contributed by atoms with E-state index in [4.69, 9.17) is 0 Å². The maximum absolute atomic E-state index is 3.71. The van der Waals surface area contributed by atoms with Crippen LogP contribution in [-0.4, -0.2) is 17.0 Å². The number of benzene rings is 1. The molecule has 0 radical (unpaired) electrons. The Kier molecular flexibility index (Phi) is 4.34. The molecule has 1 nitrogen and oxygen atoms in total. The van der Waals surface area contributed by atoms with E-state index in [9.17, 15) is 0 Å². The molecule has 1 N–H and O–H groups in total. The Bertz CT molecular complexity index is 338. The van der Waals surface area contributed by atoms with Crippen LogP contribution in [0.3, 0.4) is 0 Å². The van der Waals surface area contributed by atoms with Gasteiger partial charge in [-0.25, -0.2) is 0 Å². The summed E-state index contributed by atoms with van der Waals surface area (Å²) in [7, 11) is 0. The zero-order valence-electron chi connectivity index (χ0n) is 9.74. The third-order valence-electron chi connectivity index (χ3n) is 3.05. The molecule has 16 heavy (non-hydrogen) atoms. The fourth-order valence-electron chi connectivity index (χ4n) is 2.13. The minimum absolute atomic E-state index is 0.448. The van der Waals surface area contributed by atoms with Gasteiger partial charge in [0, 0.05) is 27.6 Å². The highest BCUT2D eigenvalue weighted by molar-refractivity contribution is 9.10. The summed E-state index contributed by atoms with van der Waals surface area (Å²) >= 11 is 5.54. The standard InChI is InChI=1S/C13H18BrNS/c1-9-7-13(8-16-9)15-10(2)11-3-5-12(14)6-4-11/h3-6,9-10,13,15H,7-8H2,1-2H3. The van der Waals surface area contributed by atoms with E-state index in [2.05, 4.69) is 71.1 Å². The number of halogens is 1. The molecular weight excluding hydrogens is 282 g/mol. The summed E-state index contributed by atoms with van der Waals surface area (Å²) in [5.41, 5.74) is 1.37. The predicted octanol–water partition coefficient (Wildman–Crippen LogP) is 3.99. The maximum atomic E-state index is 3.71. The molecule has 0 bridgehead atoms. The van der Waals surface area contributed by atoms with Crippen molar-refractivity contribution in [2.24, 2.45) is 0 Å². The van der Waals surface area contributed by atoms with Crippen LogP contribution in [0.2, 0.25) is 0 Å². The summed E-state index contributed by atoms with van der Waals surface area (Å²) in [6, 6.07) is 9.72. The molecule has 1 fully saturated rings. The van der Waals surface area contributed by atoms with Gasteiger partial charge in [0.1, 0.15) is 0 Å². The van der Waals surface area contributed by atoms with E-state index >= 15 is 0 Å². The Morgan fingerprint density at radius 2 is 2.06 bits per heavy atom. The second-order valence-corrected chi connectivity index (χ2v) is 6.90. The molecule has 0 saturated carbocycles. The van der Waals surface area contributed by atoms with Crippen LogP contribution < -0.4 is 5.32 Å². The fraction of sp³-hybridized carbons (Fsp3) is 0.538. The molecule has 1 heterocycles. The van der Waals surface area contributed by atoms with Gasteiger partial charge >= 0.3 is 0 Å². The lowest BCUT2D eigenvalue weighted by Gasteiger charge is -2.19. The molecule has 1 aromatic carbocycles. The topological polar surface area (TPSA) is 12.0 Å². The minimum atomic E-state index is 0.448. The Hall–Kier alpha value is 0.01000. The Balaban J connectivity index is 1.92. The largest absolute Gasteiger partial charge is 0.307 e. The molecule has 1 aliphatic heterocycles. The van der Waals surface area contributed by atoms with E-state index in [1.807, 2.05) is 0 Å². The van der Waals surface area contributed by atoms with E-state index in [0.29, 0.717) is 12.1 Å². The van der Waals surface area contributed by atoms with Crippen LogP contribution in [0.4, 0.5) is 0 Å². The van der Waals surface area contributed by atoms with Gasteiger partial charge in [0.25, 0.3) is 0 Å². The van der Waals surface area contributed by atoms with Crippen molar-refractivity contribution in [3.05, 3.63) is 34.3 Å². The third-order valence-corrected chi connectivity index (χ3v) is 4.94. The normalized spacial score (nSPS) is 26.9. The van der Waals surface area contributed by atoms with Gasteiger partial charge in [0.05, 0.1) is 0 Å². The maximum Gasteiger partial charge on any atom is 0.0294 e. The average molecular weight is 300 g/mol. The molecule has 3 atom stereocenters. The van der Waals surface area contributed by atoms with E-state index in [1.54, 1.807) is 0 Å². The van der Waals surface area contributed by atoms with Crippen molar-refractivity contribution >= 4 is 27.7 Å². The first-order valence-electron chi connectivity index (χ1n) is 5.78. The highest BCUT2D eigenvalue weighted by atomic mass is 79.9. The van der Waals surface area contributed by atoms with Crippen molar-refractivity contribution < 1.29 is 0 Å². The van der Waals surface area contributed by atoms with Crippen molar-refractivity contribution in [2.45, 2.75) is 37.6 Å². The summed E-state index contributed by atoms with van der Waals surface area (Å²) < 4.78 is 1.15. The molecule has 1 saturated heterocycles. The number of hydrogen-bond donors (Lipinski definition) is 1. The number of rotatable bonds is 3. The van der Waals surface area contributed by atoms with E-state index in [-0.39, 0.29) is 0 Å². The average Bonchev–Trinajstić information content (AvgIpc) is 2.65. The van der Waals surface area contributed by atoms with Crippen molar-refractivity contribution in [1.82, 2.24) is 5.32 Å². The highest BCUT2D eigenvalue weighted by Crippen LogP contribution is 2.28. The van der Waals surface area contributed by atoms with Crippen LogP contribution in [0, 0.1) is 0 Å². The van der Waals surface area contributed by atoms with Gasteiger partial charge in [-0.2, -0.15) is 11.8 Å². The molecule has 3 unspecified atom stereocenters. The van der Waals surface area contributed by atoms with Gasteiger partial charge in [-0.3, -0.25) is 0 Å². The first kappa shape index (κ1) is 12.5. The molecule has 1 aromatic rings. The van der Waals surface area contributed by atoms with Crippen LogP contribution in [0.1, 0.15) is 31.9 Å². The summed E-state index contributed by atoms with van der Waals surface area (Å²) in [5.74, 6) is 1.25. The smallest absolute Gasteiger partial charge is 0.0294 e. The highest BCUT2D eigenvalue weighted by Gasteiger charge is 2.23. The quantitative estimate of drug-likeness (QED) is 0.905. The van der Waals surface area contributed by atoms with Crippen molar-refractivity contribution in [3.63, 3.8) is 0 Å². The van der Waals surface area contributed by atoms with Crippen molar-refractivity contribution in [3.8, 4) is 0 Å². The third kappa shape index (κ3) is 3.25. The molecule has 0 amide bonds. The molecule has 0 spiro atoms. The Morgan fingerprint density at radius 1 is 1.38 bits per heavy atom. The second kappa shape index (κ2) is 5.56. The first-order chi connectivity index (χ1) is 7.65. The number of hydrogen-bond acceptors (Lipinski definition) is 2. The number of thioether (sulfide) groups is 1. The molecular formula is C13H18BrNS. The summed E-state index contributed by atoms with van der Waals surface area (Å²) in [4.78, 5) is 0. The molecule has 0 aromatic heterocycles. The zero-order chi connectivity index (χ0) is 11.5. The molecule has 1 aliphatic rings. The van der Waals surface area contributed by atoms with Crippen LogP contribution >= 0.6 is 27.7 Å². The zero-order valence-corrected chi connectivity index (χ0v) is 12.1. The van der Waals surface area contributed by atoms with Crippen molar-refractivity contribution in [2.75, 3.05) is 5.75 Å². The molecule has 2 rings (SSSR count). The second-order valence-electron chi connectivity index (χ2n) is 4.52. The van der Waals surface area contributed by atoms with Gasteiger partial charge in [0.15, 0.2) is 0 Å². The lowest BCUT2D eigenvalue weighted by atomic mass is 10.1. The minimum Gasteiger partial charge on any atom is -0.307 e. The number of nitrogens with one attached hydrogen (secondary N) is 1. The lowest BCUT2D eigenvalue weighted by molar-refractivity contribution is 0.474. The molecule has 0 aliphatic carbocycles. The van der Waals surface area contributed by atoms with Crippen LogP contribution in [0.25, 0.3) is 0 Å². The van der Waals surface area contributed by atoms with Gasteiger partial charge in [-0.1, -0.05) is 35.0 Å². The van der Waals surface area contributed by atoms with Gasteiger partial charge in [0.2, 0.25) is 0 Å². The van der Waals surface area contributed by atoms with Gasteiger partial charge < -0.3 is 5.32 Å². The lowest BCUT2D eigenvalue weighted by Crippen LogP contribution is -2.31.